The maximum absolute atomic E-state index is 12.1. The summed E-state index contributed by atoms with van der Waals surface area (Å²) in [4.78, 5) is 16.7. The Morgan fingerprint density at radius 3 is 2.93 bits per heavy atom. The molecule has 1 amide bonds. The Hall–Kier alpha value is -3.00. The molecule has 2 N–H and O–H groups in total. The fourth-order valence-electron chi connectivity index (χ4n) is 2.69. The zero-order chi connectivity index (χ0) is 19.9. The molecule has 28 heavy (non-hydrogen) atoms. The van der Waals surface area contributed by atoms with Crippen LogP contribution in [0.4, 0.5) is 0 Å². The monoisotopic (exact) mass is 398 g/mol. The van der Waals surface area contributed by atoms with Gasteiger partial charge in [-0.2, -0.15) is 5.10 Å². The maximum Gasteiger partial charge on any atom is 0.250 e. The standard InChI is InChI=1S/C20H22N4O3S/c1-3-24-16-8-6-5-7-15(16)22-20(24)28-13-19(26)23-21-12-14-9-10-17(25)18(11-14)27-4-2/h5-12,25H,3-4,13H2,1-2H3,(H,23,26). The van der Waals surface area contributed by atoms with Gasteiger partial charge in [-0.3, -0.25) is 4.79 Å². The van der Waals surface area contributed by atoms with Gasteiger partial charge in [-0.15, -0.1) is 0 Å². The maximum atomic E-state index is 12.1. The van der Waals surface area contributed by atoms with Crippen molar-refractivity contribution in [3.05, 3.63) is 48.0 Å². The molecule has 0 aliphatic heterocycles. The van der Waals surface area contributed by atoms with Crippen molar-refractivity contribution in [2.45, 2.75) is 25.5 Å². The first-order chi connectivity index (χ1) is 13.6. The van der Waals surface area contributed by atoms with E-state index in [0.717, 1.165) is 22.7 Å². The number of aromatic hydroxyl groups is 1. The second kappa shape index (κ2) is 9.27. The molecule has 3 aromatic rings. The molecule has 3 rings (SSSR count). The summed E-state index contributed by atoms with van der Waals surface area (Å²) >= 11 is 1.38. The van der Waals surface area contributed by atoms with Crippen LogP contribution in [0, 0.1) is 0 Å². The lowest BCUT2D eigenvalue weighted by Crippen LogP contribution is -2.20. The van der Waals surface area contributed by atoms with Gasteiger partial charge in [0.25, 0.3) is 5.91 Å². The molecule has 1 aromatic heterocycles. The first-order valence-electron chi connectivity index (χ1n) is 8.98. The molecule has 0 unspecified atom stereocenters. The second-order valence-corrected chi connectivity index (χ2v) is 6.81. The van der Waals surface area contributed by atoms with Crippen LogP contribution in [0.2, 0.25) is 0 Å². The summed E-state index contributed by atoms with van der Waals surface area (Å²) in [7, 11) is 0. The van der Waals surface area contributed by atoms with Gasteiger partial charge in [-0.05, 0) is 49.7 Å². The van der Waals surface area contributed by atoms with Gasteiger partial charge in [-0.1, -0.05) is 23.9 Å². The molecule has 1 heterocycles. The number of thioether (sulfide) groups is 1. The van der Waals surface area contributed by atoms with Crippen LogP contribution in [-0.4, -0.2) is 39.1 Å². The number of amides is 1. The summed E-state index contributed by atoms with van der Waals surface area (Å²) in [5.74, 6) is 0.435. The second-order valence-electron chi connectivity index (χ2n) is 5.87. The quantitative estimate of drug-likeness (QED) is 0.345. The predicted molar refractivity (Wildman–Crippen MR) is 111 cm³/mol. The molecule has 146 valence electrons. The van der Waals surface area contributed by atoms with Gasteiger partial charge in [0.15, 0.2) is 16.7 Å². The molecule has 7 nitrogen and oxygen atoms in total. The SMILES string of the molecule is CCOc1cc(C=NNC(=O)CSc2nc3ccccc3n2CC)ccc1O. The molecular weight excluding hydrogens is 376 g/mol. The Labute approximate surface area is 167 Å². The fourth-order valence-corrected chi connectivity index (χ4v) is 3.56. The van der Waals surface area contributed by atoms with Crippen molar-refractivity contribution in [2.24, 2.45) is 5.10 Å². The highest BCUT2D eigenvalue weighted by molar-refractivity contribution is 7.99. The average molecular weight is 398 g/mol. The minimum atomic E-state index is -0.222. The van der Waals surface area contributed by atoms with E-state index in [1.165, 1.54) is 24.0 Å². The van der Waals surface area contributed by atoms with Gasteiger partial charge in [0, 0.05) is 6.54 Å². The number of aryl methyl sites for hydroxylation is 1. The first-order valence-corrected chi connectivity index (χ1v) is 9.96. The number of nitrogens with zero attached hydrogens (tertiary/aromatic N) is 3. The van der Waals surface area contributed by atoms with Crippen molar-refractivity contribution >= 4 is 34.9 Å². The van der Waals surface area contributed by atoms with Crippen LogP contribution in [0.3, 0.4) is 0 Å². The molecule has 0 aliphatic rings. The Morgan fingerprint density at radius 1 is 1.32 bits per heavy atom. The summed E-state index contributed by atoms with van der Waals surface area (Å²) in [5, 5.41) is 14.5. The molecule has 0 fully saturated rings. The van der Waals surface area contributed by atoms with Gasteiger partial charge in [0.2, 0.25) is 0 Å². The van der Waals surface area contributed by atoms with Gasteiger partial charge in [0.1, 0.15) is 0 Å². The molecule has 0 atom stereocenters. The summed E-state index contributed by atoms with van der Waals surface area (Å²) < 4.78 is 7.41. The minimum Gasteiger partial charge on any atom is -0.504 e. The van der Waals surface area contributed by atoms with Crippen LogP contribution >= 0.6 is 11.8 Å². The van der Waals surface area contributed by atoms with Crippen molar-refractivity contribution in [3.8, 4) is 11.5 Å². The zero-order valence-corrected chi connectivity index (χ0v) is 16.6. The lowest BCUT2D eigenvalue weighted by Gasteiger charge is -2.06. The predicted octanol–water partition coefficient (Wildman–Crippen LogP) is 3.40. The van der Waals surface area contributed by atoms with Crippen LogP contribution in [-0.2, 0) is 11.3 Å². The number of rotatable bonds is 8. The normalized spacial score (nSPS) is 11.2. The fraction of sp³-hybridized carbons (Fsp3) is 0.250. The van der Waals surface area contributed by atoms with Crippen LogP contribution in [0.15, 0.2) is 52.7 Å². The van der Waals surface area contributed by atoms with E-state index in [0.29, 0.717) is 17.9 Å². The van der Waals surface area contributed by atoms with Crippen molar-refractivity contribution in [1.29, 1.82) is 0 Å². The van der Waals surface area contributed by atoms with Gasteiger partial charge >= 0.3 is 0 Å². The van der Waals surface area contributed by atoms with Crippen LogP contribution in [0.5, 0.6) is 11.5 Å². The van der Waals surface area contributed by atoms with E-state index in [-0.39, 0.29) is 17.4 Å². The van der Waals surface area contributed by atoms with Crippen LogP contribution < -0.4 is 10.2 Å². The van der Waals surface area contributed by atoms with Gasteiger partial charge in [0.05, 0.1) is 29.6 Å². The molecule has 0 spiro atoms. The number of hydrazone groups is 1. The lowest BCUT2D eigenvalue weighted by molar-refractivity contribution is -0.118. The van der Waals surface area contributed by atoms with E-state index in [2.05, 4.69) is 27.0 Å². The third-order valence-electron chi connectivity index (χ3n) is 3.95. The number of phenols is 1. The Kier molecular flexibility index (Phi) is 6.54. The first kappa shape index (κ1) is 19.8. The van der Waals surface area contributed by atoms with E-state index in [1.807, 2.05) is 31.2 Å². The number of hydrogen-bond donors (Lipinski definition) is 2. The third-order valence-corrected chi connectivity index (χ3v) is 4.93. The number of benzene rings is 2. The number of carbonyl (C=O) groups is 1. The van der Waals surface area contributed by atoms with E-state index >= 15 is 0 Å². The van der Waals surface area contributed by atoms with Crippen LogP contribution in [0.25, 0.3) is 11.0 Å². The smallest absolute Gasteiger partial charge is 0.250 e. The number of fused-ring (bicyclic) bond motifs is 1. The van der Waals surface area contributed by atoms with E-state index in [9.17, 15) is 9.90 Å². The number of nitrogens with one attached hydrogen (secondary N) is 1. The summed E-state index contributed by atoms with van der Waals surface area (Å²) in [6, 6.07) is 12.8. The highest BCUT2D eigenvalue weighted by Crippen LogP contribution is 2.26. The Balaban J connectivity index is 1.58. The van der Waals surface area contributed by atoms with Crippen molar-refractivity contribution in [3.63, 3.8) is 0 Å². The molecule has 2 aromatic carbocycles. The highest BCUT2D eigenvalue weighted by atomic mass is 32.2. The van der Waals surface area contributed by atoms with E-state index in [1.54, 1.807) is 12.1 Å². The van der Waals surface area contributed by atoms with Crippen molar-refractivity contribution in [2.75, 3.05) is 12.4 Å². The number of phenolic OH excluding ortho intramolecular Hbond substituents is 1. The highest BCUT2D eigenvalue weighted by Gasteiger charge is 2.11. The van der Waals surface area contributed by atoms with Gasteiger partial charge in [-0.25, -0.2) is 10.4 Å². The molecule has 0 aliphatic carbocycles. The molecule has 8 heteroatoms. The number of carbonyl (C=O) groups excluding carboxylic acids is 1. The number of imidazole rings is 1. The van der Waals surface area contributed by atoms with Crippen LogP contribution in [0.1, 0.15) is 19.4 Å². The van der Waals surface area contributed by atoms with Crippen molar-refractivity contribution < 1.29 is 14.6 Å². The zero-order valence-electron chi connectivity index (χ0n) is 15.8. The number of para-hydroxylation sites is 2. The summed E-state index contributed by atoms with van der Waals surface area (Å²) in [6.07, 6.45) is 1.51. The number of aromatic nitrogens is 2. The minimum absolute atomic E-state index is 0.0678. The third kappa shape index (κ3) is 4.64. The summed E-state index contributed by atoms with van der Waals surface area (Å²) in [6.45, 7) is 5.12. The molecule has 0 bridgehead atoms. The Morgan fingerprint density at radius 2 is 2.14 bits per heavy atom. The summed E-state index contributed by atoms with van der Waals surface area (Å²) in [5.41, 5.74) is 5.20. The number of hydrogen-bond acceptors (Lipinski definition) is 6. The largest absolute Gasteiger partial charge is 0.504 e. The van der Waals surface area contributed by atoms with Crippen molar-refractivity contribution in [1.82, 2.24) is 15.0 Å². The molecule has 0 saturated heterocycles. The number of ether oxygens (including phenoxy) is 1. The van der Waals surface area contributed by atoms with Gasteiger partial charge < -0.3 is 14.4 Å². The molecule has 0 saturated carbocycles. The average Bonchev–Trinajstić information content (AvgIpc) is 3.06. The lowest BCUT2D eigenvalue weighted by atomic mass is 10.2. The topological polar surface area (TPSA) is 88.7 Å². The van der Waals surface area contributed by atoms with E-state index in [4.69, 9.17) is 4.74 Å². The Bertz CT molecular complexity index is 1000. The van der Waals surface area contributed by atoms with E-state index < -0.39 is 0 Å². The molecular formula is C20H22N4O3S. The molecule has 0 radical (unpaired) electrons.